The van der Waals surface area contributed by atoms with Crippen molar-refractivity contribution in [3.63, 3.8) is 0 Å². The molecule has 0 amide bonds. The van der Waals surface area contributed by atoms with Crippen LogP contribution in [0.4, 0.5) is 0 Å². The summed E-state index contributed by atoms with van der Waals surface area (Å²) in [6.07, 6.45) is 22.8. The molecular weight excluding hydrogens is 346 g/mol. The normalized spacial score (nSPS) is 13.5. The van der Waals surface area contributed by atoms with Gasteiger partial charge in [0.1, 0.15) is 0 Å². The molecule has 1 atom stereocenters. The highest BCUT2D eigenvalue weighted by Gasteiger charge is 2.15. The quantitative estimate of drug-likeness (QED) is 0.164. The van der Waals surface area contributed by atoms with Crippen molar-refractivity contribution in [3.8, 4) is 0 Å². The van der Waals surface area contributed by atoms with Crippen molar-refractivity contribution in [1.29, 1.82) is 0 Å². The fourth-order valence-corrected chi connectivity index (χ4v) is 3.24. The Hall–Kier alpha value is -0.390. The van der Waals surface area contributed by atoms with E-state index in [1.807, 2.05) is 0 Å². The number of hydrogen-bond donors (Lipinski definition) is 2. The van der Waals surface area contributed by atoms with Crippen molar-refractivity contribution in [2.24, 2.45) is 0 Å². The van der Waals surface area contributed by atoms with Crippen LogP contribution in [-0.4, -0.2) is 31.3 Å². The average molecular weight is 390 g/mol. The lowest BCUT2D eigenvalue weighted by Gasteiger charge is -2.09. The predicted octanol–water partition coefficient (Wildman–Crippen LogP) is 5.89. The van der Waals surface area contributed by atoms with Crippen LogP contribution in [0.25, 0.3) is 0 Å². The number of nitrogens with one attached hydrogen (secondary N) is 1. The van der Waals surface area contributed by atoms with Crippen LogP contribution >= 0.6 is 0 Å². The van der Waals surface area contributed by atoms with E-state index >= 15 is 0 Å². The highest BCUT2D eigenvalue weighted by molar-refractivity contribution is 7.86. The van der Waals surface area contributed by atoms with Crippen LogP contribution < -0.4 is 5.32 Å². The Bertz CT molecular complexity index is 421. The fourth-order valence-electron chi connectivity index (χ4n) is 2.91. The second-order valence-corrected chi connectivity index (χ2v) is 9.30. The predicted molar refractivity (Wildman–Crippen MR) is 113 cm³/mol. The molecule has 0 fully saturated rings. The molecule has 156 valence electrons. The molecule has 0 bridgehead atoms. The van der Waals surface area contributed by atoms with Crippen LogP contribution in [0.5, 0.6) is 0 Å². The molecule has 5 heteroatoms. The van der Waals surface area contributed by atoms with E-state index in [2.05, 4.69) is 24.4 Å². The van der Waals surface area contributed by atoms with E-state index < -0.39 is 15.4 Å². The molecule has 0 aromatic carbocycles. The first-order chi connectivity index (χ1) is 12.5. The molecular formula is C21H43NO3S. The Labute approximate surface area is 163 Å². The second kappa shape index (κ2) is 18.0. The standard InChI is InChI=1S/C21H43NO3S/c1-3-4-5-6-7-8-9-10-11-12-13-14-15-16-17-18-19-22-20-21(2)26(23,24)25/h10-11,21-22H,3-9,12-20H2,1-2H3,(H,23,24,25)/b11-10-. The van der Waals surface area contributed by atoms with Crippen molar-refractivity contribution in [3.05, 3.63) is 12.2 Å². The summed E-state index contributed by atoms with van der Waals surface area (Å²) in [5, 5.41) is 2.37. The van der Waals surface area contributed by atoms with Gasteiger partial charge < -0.3 is 5.32 Å². The minimum absolute atomic E-state index is 0.323. The van der Waals surface area contributed by atoms with E-state index in [9.17, 15) is 8.42 Å². The first-order valence-corrected chi connectivity index (χ1v) is 12.3. The van der Waals surface area contributed by atoms with Crippen LogP contribution in [-0.2, 0) is 10.1 Å². The van der Waals surface area contributed by atoms with Gasteiger partial charge in [-0.05, 0) is 45.6 Å². The SMILES string of the molecule is CCCCCCCC/C=C\CCCCCCCCNCC(C)S(=O)(=O)O. The van der Waals surface area contributed by atoms with E-state index in [0.717, 1.165) is 13.0 Å². The minimum atomic E-state index is -3.89. The topological polar surface area (TPSA) is 66.4 Å². The molecule has 0 aromatic heterocycles. The maximum atomic E-state index is 10.9. The Morgan fingerprint density at radius 1 is 0.808 bits per heavy atom. The van der Waals surface area contributed by atoms with Crippen LogP contribution in [0.15, 0.2) is 12.2 Å². The van der Waals surface area contributed by atoms with Crippen molar-refractivity contribution >= 4 is 10.1 Å². The smallest absolute Gasteiger partial charge is 0.268 e. The third kappa shape index (κ3) is 18.4. The second-order valence-electron chi connectivity index (χ2n) is 7.47. The molecule has 2 N–H and O–H groups in total. The molecule has 0 heterocycles. The van der Waals surface area contributed by atoms with Gasteiger partial charge in [0.2, 0.25) is 0 Å². The highest BCUT2D eigenvalue weighted by Crippen LogP contribution is 2.09. The van der Waals surface area contributed by atoms with Gasteiger partial charge in [-0.15, -0.1) is 0 Å². The van der Waals surface area contributed by atoms with E-state index in [0.29, 0.717) is 6.54 Å². The van der Waals surface area contributed by atoms with Gasteiger partial charge in [0, 0.05) is 6.54 Å². The summed E-state index contributed by atoms with van der Waals surface area (Å²) in [6, 6.07) is 0. The van der Waals surface area contributed by atoms with Gasteiger partial charge in [0.15, 0.2) is 0 Å². The highest BCUT2D eigenvalue weighted by atomic mass is 32.2. The molecule has 0 saturated carbocycles. The number of rotatable bonds is 19. The zero-order chi connectivity index (χ0) is 19.5. The maximum absolute atomic E-state index is 10.9. The Balaban J connectivity index is 3.21. The number of allylic oxidation sites excluding steroid dienone is 2. The molecule has 0 rings (SSSR count). The summed E-state index contributed by atoms with van der Waals surface area (Å²) in [6.45, 7) is 4.92. The summed E-state index contributed by atoms with van der Waals surface area (Å²) >= 11 is 0. The Kier molecular flexibility index (Phi) is 17.7. The third-order valence-electron chi connectivity index (χ3n) is 4.81. The Morgan fingerprint density at radius 3 is 1.77 bits per heavy atom. The van der Waals surface area contributed by atoms with Gasteiger partial charge in [-0.2, -0.15) is 8.42 Å². The molecule has 26 heavy (non-hydrogen) atoms. The lowest BCUT2D eigenvalue weighted by molar-refractivity contribution is 0.464. The zero-order valence-electron chi connectivity index (χ0n) is 17.2. The molecule has 0 saturated heterocycles. The first kappa shape index (κ1) is 25.6. The monoisotopic (exact) mass is 389 g/mol. The van der Waals surface area contributed by atoms with E-state index in [1.165, 1.54) is 90.4 Å². The van der Waals surface area contributed by atoms with Crippen molar-refractivity contribution in [2.75, 3.05) is 13.1 Å². The van der Waals surface area contributed by atoms with Gasteiger partial charge in [-0.1, -0.05) is 76.9 Å². The van der Waals surface area contributed by atoms with Gasteiger partial charge in [-0.3, -0.25) is 4.55 Å². The van der Waals surface area contributed by atoms with E-state index in [-0.39, 0.29) is 0 Å². The molecule has 0 aliphatic rings. The molecule has 1 unspecified atom stereocenters. The van der Waals surface area contributed by atoms with Crippen molar-refractivity contribution < 1.29 is 13.0 Å². The maximum Gasteiger partial charge on any atom is 0.268 e. The summed E-state index contributed by atoms with van der Waals surface area (Å²) in [4.78, 5) is 0. The first-order valence-electron chi connectivity index (χ1n) is 10.8. The average Bonchev–Trinajstić information content (AvgIpc) is 2.59. The van der Waals surface area contributed by atoms with Crippen LogP contribution in [0.3, 0.4) is 0 Å². The van der Waals surface area contributed by atoms with Crippen molar-refractivity contribution in [1.82, 2.24) is 5.32 Å². The van der Waals surface area contributed by atoms with Gasteiger partial charge in [0.05, 0.1) is 5.25 Å². The van der Waals surface area contributed by atoms with Gasteiger partial charge in [0.25, 0.3) is 10.1 Å². The number of unbranched alkanes of at least 4 members (excludes halogenated alkanes) is 12. The Morgan fingerprint density at radius 2 is 1.27 bits per heavy atom. The van der Waals surface area contributed by atoms with Gasteiger partial charge in [-0.25, -0.2) is 0 Å². The van der Waals surface area contributed by atoms with Crippen LogP contribution in [0, 0.1) is 0 Å². The molecule has 0 radical (unpaired) electrons. The van der Waals surface area contributed by atoms with Gasteiger partial charge >= 0.3 is 0 Å². The van der Waals surface area contributed by atoms with E-state index in [4.69, 9.17) is 4.55 Å². The third-order valence-corrected chi connectivity index (χ3v) is 5.99. The minimum Gasteiger partial charge on any atom is -0.315 e. The van der Waals surface area contributed by atoms with Crippen molar-refractivity contribution in [2.45, 2.75) is 109 Å². The van der Waals surface area contributed by atoms with Crippen LogP contribution in [0.2, 0.25) is 0 Å². The summed E-state index contributed by atoms with van der Waals surface area (Å²) in [7, 11) is -3.89. The lowest BCUT2D eigenvalue weighted by Crippen LogP contribution is -2.31. The summed E-state index contributed by atoms with van der Waals surface area (Å²) < 4.78 is 30.6. The molecule has 0 spiro atoms. The van der Waals surface area contributed by atoms with Crippen LogP contribution in [0.1, 0.15) is 104 Å². The van der Waals surface area contributed by atoms with E-state index in [1.54, 1.807) is 0 Å². The molecule has 0 aliphatic carbocycles. The molecule has 0 aromatic rings. The summed E-state index contributed by atoms with van der Waals surface area (Å²) in [5.41, 5.74) is 0. The zero-order valence-corrected chi connectivity index (χ0v) is 18.0. The molecule has 4 nitrogen and oxygen atoms in total. The fraction of sp³-hybridized carbons (Fsp3) is 0.905. The lowest BCUT2D eigenvalue weighted by atomic mass is 10.1. The largest absolute Gasteiger partial charge is 0.315 e. The molecule has 0 aliphatic heterocycles. The number of hydrogen-bond acceptors (Lipinski definition) is 3. The summed E-state index contributed by atoms with van der Waals surface area (Å²) in [5.74, 6) is 0.